The number of hydrogen-bond donors (Lipinski definition) is 1. The van der Waals surface area contributed by atoms with Crippen LogP contribution in [0, 0.1) is 0 Å². The molecule has 0 aliphatic heterocycles. The number of rotatable bonds is 6. The Bertz CT molecular complexity index is 590. The third-order valence-corrected chi connectivity index (χ3v) is 4.30. The van der Waals surface area contributed by atoms with Crippen LogP contribution in [0.15, 0.2) is 27.4 Å². The van der Waals surface area contributed by atoms with Gasteiger partial charge in [0.15, 0.2) is 5.76 Å². The minimum Gasteiger partial charge on any atom is -0.359 e. The molecule has 1 aliphatic carbocycles. The van der Waals surface area contributed by atoms with E-state index in [0.717, 1.165) is 25.0 Å². The van der Waals surface area contributed by atoms with Crippen molar-refractivity contribution in [1.82, 2.24) is 15.4 Å². The van der Waals surface area contributed by atoms with Crippen molar-refractivity contribution in [1.29, 1.82) is 0 Å². The van der Waals surface area contributed by atoms with Gasteiger partial charge in [0.05, 0.1) is 12.2 Å². The van der Waals surface area contributed by atoms with Crippen LogP contribution >= 0.6 is 11.3 Å². The molecule has 21 heavy (non-hydrogen) atoms. The maximum Gasteiger partial charge on any atom is 0.318 e. The highest BCUT2D eigenvalue weighted by atomic mass is 32.1. The number of aryl methyl sites for hydroxylation is 1. The van der Waals surface area contributed by atoms with E-state index in [1.54, 1.807) is 11.3 Å². The molecule has 2 amide bonds. The van der Waals surface area contributed by atoms with Gasteiger partial charge in [0.1, 0.15) is 0 Å². The van der Waals surface area contributed by atoms with E-state index >= 15 is 0 Å². The summed E-state index contributed by atoms with van der Waals surface area (Å²) in [6, 6.07) is 4.31. The van der Waals surface area contributed by atoms with Crippen molar-refractivity contribution in [3.05, 3.63) is 39.9 Å². The topological polar surface area (TPSA) is 58.4 Å². The van der Waals surface area contributed by atoms with Gasteiger partial charge in [-0.15, -0.1) is 0 Å². The summed E-state index contributed by atoms with van der Waals surface area (Å²) in [4.78, 5) is 14.3. The van der Waals surface area contributed by atoms with Crippen LogP contribution in [0.4, 0.5) is 4.79 Å². The molecular formula is C15H19N3O2S. The van der Waals surface area contributed by atoms with Crippen molar-refractivity contribution < 1.29 is 9.32 Å². The Kier molecular flexibility index (Phi) is 4.24. The number of thiophene rings is 1. The monoisotopic (exact) mass is 305 g/mol. The summed E-state index contributed by atoms with van der Waals surface area (Å²) in [6.07, 6.45) is 3.03. The number of urea groups is 1. The van der Waals surface area contributed by atoms with Gasteiger partial charge in [-0.2, -0.15) is 11.3 Å². The molecule has 0 bridgehead atoms. The molecule has 112 valence electrons. The van der Waals surface area contributed by atoms with Gasteiger partial charge in [-0.3, -0.25) is 0 Å². The Balaban J connectivity index is 1.56. The number of aromatic nitrogens is 1. The molecule has 0 atom stereocenters. The van der Waals surface area contributed by atoms with Crippen LogP contribution in [0.3, 0.4) is 0 Å². The molecule has 0 aromatic carbocycles. The van der Waals surface area contributed by atoms with E-state index < -0.39 is 0 Å². The van der Waals surface area contributed by atoms with E-state index in [9.17, 15) is 4.79 Å². The number of hydrogen-bond acceptors (Lipinski definition) is 4. The van der Waals surface area contributed by atoms with Gasteiger partial charge >= 0.3 is 6.03 Å². The number of carbonyl (C=O) groups is 1. The lowest BCUT2D eigenvalue weighted by Crippen LogP contribution is -2.40. The van der Waals surface area contributed by atoms with E-state index in [1.807, 2.05) is 23.3 Å². The maximum atomic E-state index is 12.4. The lowest BCUT2D eigenvalue weighted by Gasteiger charge is -2.22. The number of amides is 2. The number of carbonyl (C=O) groups excluding carboxylic acids is 1. The molecule has 0 unspecified atom stereocenters. The van der Waals surface area contributed by atoms with Gasteiger partial charge < -0.3 is 14.7 Å². The summed E-state index contributed by atoms with van der Waals surface area (Å²) >= 11 is 1.66. The Labute approximate surface area is 127 Å². The molecule has 2 aromatic heterocycles. The van der Waals surface area contributed by atoms with Crippen molar-refractivity contribution in [2.75, 3.05) is 0 Å². The predicted octanol–water partition coefficient (Wildman–Crippen LogP) is 3.17. The fourth-order valence-electron chi connectivity index (χ4n) is 2.20. The molecule has 2 aromatic rings. The van der Waals surface area contributed by atoms with Crippen LogP contribution in [0.25, 0.3) is 0 Å². The molecular weight excluding hydrogens is 286 g/mol. The highest BCUT2D eigenvalue weighted by Crippen LogP contribution is 2.28. The third kappa shape index (κ3) is 3.64. The number of nitrogens with one attached hydrogen (secondary N) is 1. The van der Waals surface area contributed by atoms with Crippen molar-refractivity contribution in [3.8, 4) is 0 Å². The summed E-state index contributed by atoms with van der Waals surface area (Å²) in [5, 5.41) is 11.0. The Morgan fingerprint density at radius 1 is 1.57 bits per heavy atom. The van der Waals surface area contributed by atoms with Gasteiger partial charge in [0.2, 0.25) is 0 Å². The quantitative estimate of drug-likeness (QED) is 0.891. The zero-order chi connectivity index (χ0) is 14.7. The first-order chi connectivity index (χ1) is 10.3. The maximum absolute atomic E-state index is 12.4. The second kappa shape index (κ2) is 6.30. The van der Waals surface area contributed by atoms with Gasteiger partial charge in [0, 0.05) is 18.7 Å². The van der Waals surface area contributed by atoms with E-state index in [2.05, 4.69) is 21.9 Å². The smallest absolute Gasteiger partial charge is 0.318 e. The van der Waals surface area contributed by atoms with Crippen molar-refractivity contribution in [2.45, 2.75) is 45.3 Å². The largest absolute Gasteiger partial charge is 0.359 e. The highest BCUT2D eigenvalue weighted by Gasteiger charge is 2.32. The summed E-state index contributed by atoms with van der Waals surface area (Å²) in [7, 11) is 0. The van der Waals surface area contributed by atoms with Gasteiger partial charge in [0.25, 0.3) is 0 Å². The van der Waals surface area contributed by atoms with Gasteiger partial charge in [-0.25, -0.2) is 4.79 Å². The van der Waals surface area contributed by atoms with Crippen molar-refractivity contribution in [3.63, 3.8) is 0 Å². The molecule has 0 radical (unpaired) electrons. The van der Waals surface area contributed by atoms with Crippen LogP contribution in [0.2, 0.25) is 0 Å². The zero-order valence-corrected chi connectivity index (χ0v) is 12.9. The first kappa shape index (κ1) is 14.1. The van der Waals surface area contributed by atoms with E-state index in [1.165, 1.54) is 5.56 Å². The SMILES string of the molecule is CCc1cc(CNC(=O)N(Cc2ccsc2)C2CC2)on1. The van der Waals surface area contributed by atoms with Crippen molar-refractivity contribution >= 4 is 17.4 Å². The minimum absolute atomic E-state index is 0.0295. The molecule has 0 spiro atoms. The summed E-state index contributed by atoms with van der Waals surface area (Å²) < 4.78 is 5.19. The minimum atomic E-state index is -0.0295. The zero-order valence-electron chi connectivity index (χ0n) is 12.0. The van der Waals surface area contributed by atoms with Crippen LogP contribution in [-0.4, -0.2) is 22.1 Å². The van der Waals surface area contributed by atoms with Gasteiger partial charge in [-0.1, -0.05) is 12.1 Å². The lowest BCUT2D eigenvalue weighted by molar-refractivity contribution is 0.190. The van der Waals surface area contributed by atoms with E-state index in [0.29, 0.717) is 24.9 Å². The molecule has 1 fully saturated rings. The summed E-state index contributed by atoms with van der Waals surface area (Å²) in [5.74, 6) is 0.700. The first-order valence-electron chi connectivity index (χ1n) is 7.26. The van der Waals surface area contributed by atoms with Crippen LogP contribution in [0.1, 0.15) is 36.8 Å². The third-order valence-electron chi connectivity index (χ3n) is 3.57. The molecule has 2 heterocycles. The molecule has 6 heteroatoms. The normalized spacial score (nSPS) is 14.1. The molecule has 1 saturated carbocycles. The highest BCUT2D eigenvalue weighted by molar-refractivity contribution is 7.07. The predicted molar refractivity (Wildman–Crippen MR) is 81.0 cm³/mol. The van der Waals surface area contributed by atoms with E-state index in [-0.39, 0.29) is 6.03 Å². The molecule has 1 N–H and O–H groups in total. The fraction of sp³-hybridized carbons (Fsp3) is 0.467. The Morgan fingerprint density at radius 2 is 2.43 bits per heavy atom. The number of nitrogens with zero attached hydrogens (tertiary/aromatic N) is 2. The van der Waals surface area contributed by atoms with Crippen molar-refractivity contribution in [2.24, 2.45) is 0 Å². The standard InChI is InChI=1S/C15H19N3O2S/c1-2-12-7-14(20-17-12)8-16-15(19)18(13-3-4-13)9-11-5-6-21-10-11/h5-7,10,13H,2-4,8-9H2,1H3,(H,16,19). The van der Waals surface area contributed by atoms with E-state index in [4.69, 9.17) is 4.52 Å². The summed E-state index contributed by atoms with van der Waals surface area (Å²) in [5.41, 5.74) is 2.10. The first-order valence-corrected chi connectivity index (χ1v) is 8.20. The Hall–Kier alpha value is -1.82. The molecule has 1 aliphatic rings. The molecule has 3 rings (SSSR count). The fourth-order valence-corrected chi connectivity index (χ4v) is 2.86. The Morgan fingerprint density at radius 3 is 3.05 bits per heavy atom. The second-order valence-corrected chi connectivity index (χ2v) is 6.07. The van der Waals surface area contributed by atoms with Crippen LogP contribution < -0.4 is 5.32 Å². The second-order valence-electron chi connectivity index (χ2n) is 5.29. The molecule has 5 nitrogen and oxygen atoms in total. The average molecular weight is 305 g/mol. The summed E-state index contributed by atoms with van der Waals surface area (Å²) in [6.45, 7) is 3.09. The molecule has 0 saturated heterocycles. The lowest BCUT2D eigenvalue weighted by atomic mass is 10.3. The van der Waals surface area contributed by atoms with Crippen LogP contribution in [0.5, 0.6) is 0 Å². The van der Waals surface area contributed by atoms with Crippen LogP contribution in [-0.2, 0) is 19.5 Å². The van der Waals surface area contributed by atoms with Gasteiger partial charge in [-0.05, 0) is 41.7 Å². The average Bonchev–Trinajstić information content (AvgIpc) is 3.03.